The van der Waals surface area contributed by atoms with Gasteiger partial charge in [0, 0.05) is 18.3 Å². The van der Waals surface area contributed by atoms with Crippen LogP contribution in [-0.2, 0) is 17.8 Å². The molecule has 0 spiro atoms. The van der Waals surface area contributed by atoms with Gasteiger partial charge in [0.05, 0.1) is 6.20 Å². The average Bonchev–Trinajstić information content (AvgIpc) is 3.09. The Bertz CT molecular complexity index is 812. The number of carbonyl (C=O) groups is 1. The molecule has 128 valence electrons. The highest BCUT2D eigenvalue weighted by Crippen LogP contribution is 2.18. The minimum Gasteiger partial charge on any atom is -0.354 e. The topological polar surface area (TPSA) is 46.9 Å². The lowest BCUT2D eigenvalue weighted by atomic mass is 10.1. The molecule has 0 aliphatic rings. The Balaban J connectivity index is 1.44. The first kappa shape index (κ1) is 16.9. The van der Waals surface area contributed by atoms with Gasteiger partial charge >= 0.3 is 0 Å². The number of carbonyl (C=O) groups excluding carboxylic acids is 1. The van der Waals surface area contributed by atoms with E-state index in [1.54, 1.807) is 29.2 Å². The molecule has 0 saturated carbocycles. The van der Waals surface area contributed by atoms with Gasteiger partial charge in [-0.2, -0.15) is 5.10 Å². The summed E-state index contributed by atoms with van der Waals surface area (Å²) in [7, 11) is 0. The predicted octanol–water partition coefficient (Wildman–Crippen LogP) is 3.44. The van der Waals surface area contributed by atoms with E-state index in [1.807, 2.05) is 18.2 Å². The smallest absolute Gasteiger partial charge is 0.241 e. The van der Waals surface area contributed by atoms with Crippen LogP contribution >= 0.6 is 0 Å². The van der Waals surface area contributed by atoms with Crippen LogP contribution < -0.4 is 5.32 Å². The first-order chi connectivity index (χ1) is 12.2. The molecule has 0 aliphatic carbocycles. The normalized spacial score (nSPS) is 10.6. The minimum absolute atomic E-state index is 0.0678. The van der Waals surface area contributed by atoms with Gasteiger partial charge in [0.15, 0.2) is 0 Å². The summed E-state index contributed by atoms with van der Waals surface area (Å²) in [4.78, 5) is 12.0. The molecule has 0 saturated heterocycles. The second-order valence-corrected chi connectivity index (χ2v) is 5.87. The summed E-state index contributed by atoms with van der Waals surface area (Å²) >= 11 is 0. The van der Waals surface area contributed by atoms with Gasteiger partial charge in [0.2, 0.25) is 5.91 Å². The van der Waals surface area contributed by atoms with Crippen molar-refractivity contribution in [2.45, 2.75) is 19.4 Å². The highest BCUT2D eigenvalue weighted by molar-refractivity contribution is 5.75. The zero-order valence-electron chi connectivity index (χ0n) is 13.9. The Kier molecular flexibility index (Phi) is 5.57. The highest BCUT2D eigenvalue weighted by Gasteiger charge is 2.06. The number of nitrogens with one attached hydrogen (secondary N) is 1. The molecule has 4 nitrogen and oxygen atoms in total. The maximum absolute atomic E-state index is 13.0. The molecule has 0 fully saturated rings. The number of aromatic nitrogens is 2. The lowest BCUT2D eigenvalue weighted by Crippen LogP contribution is -2.28. The Morgan fingerprint density at radius 1 is 1.04 bits per heavy atom. The lowest BCUT2D eigenvalue weighted by Gasteiger charge is -2.05. The molecule has 0 bridgehead atoms. The van der Waals surface area contributed by atoms with Gasteiger partial charge in [-0.25, -0.2) is 4.39 Å². The molecule has 3 rings (SSSR count). The molecular formula is C20H20FN3O. The van der Waals surface area contributed by atoms with Gasteiger partial charge in [0.1, 0.15) is 12.4 Å². The van der Waals surface area contributed by atoms with Gasteiger partial charge in [0.25, 0.3) is 0 Å². The fraction of sp³-hybridized carbons (Fsp3) is 0.200. The molecular weight excluding hydrogens is 317 g/mol. The maximum atomic E-state index is 13.0. The Morgan fingerprint density at radius 3 is 2.56 bits per heavy atom. The maximum Gasteiger partial charge on any atom is 0.241 e. The molecule has 0 atom stereocenters. The van der Waals surface area contributed by atoms with Crippen molar-refractivity contribution >= 4 is 5.91 Å². The summed E-state index contributed by atoms with van der Waals surface area (Å²) in [6, 6.07) is 16.4. The van der Waals surface area contributed by atoms with E-state index >= 15 is 0 Å². The molecule has 2 aromatic carbocycles. The molecule has 0 aliphatic heterocycles. The van der Waals surface area contributed by atoms with E-state index in [-0.39, 0.29) is 18.3 Å². The van der Waals surface area contributed by atoms with E-state index in [9.17, 15) is 9.18 Å². The van der Waals surface area contributed by atoms with Crippen LogP contribution in [-0.4, -0.2) is 22.2 Å². The van der Waals surface area contributed by atoms with Crippen molar-refractivity contribution in [3.63, 3.8) is 0 Å². The fourth-order valence-corrected chi connectivity index (χ4v) is 2.61. The second-order valence-electron chi connectivity index (χ2n) is 5.87. The van der Waals surface area contributed by atoms with Crippen LogP contribution in [0.1, 0.15) is 12.0 Å². The van der Waals surface area contributed by atoms with E-state index in [2.05, 4.69) is 22.5 Å². The van der Waals surface area contributed by atoms with E-state index in [1.165, 1.54) is 17.7 Å². The van der Waals surface area contributed by atoms with Gasteiger partial charge in [-0.1, -0.05) is 42.5 Å². The van der Waals surface area contributed by atoms with E-state index in [4.69, 9.17) is 0 Å². The van der Waals surface area contributed by atoms with E-state index in [0.29, 0.717) is 6.54 Å². The van der Waals surface area contributed by atoms with Crippen LogP contribution in [0.3, 0.4) is 0 Å². The Morgan fingerprint density at radius 2 is 1.80 bits per heavy atom. The number of nitrogens with zero attached hydrogens (tertiary/aromatic N) is 2. The first-order valence-corrected chi connectivity index (χ1v) is 8.30. The molecule has 1 heterocycles. The van der Waals surface area contributed by atoms with Crippen LogP contribution in [0.5, 0.6) is 0 Å². The number of hydrogen-bond donors (Lipinski definition) is 1. The zero-order valence-corrected chi connectivity index (χ0v) is 13.9. The largest absolute Gasteiger partial charge is 0.354 e. The third-order valence-electron chi connectivity index (χ3n) is 3.92. The minimum atomic E-state index is -0.272. The molecule has 1 aromatic heterocycles. The van der Waals surface area contributed by atoms with Gasteiger partial charge in [-0.15, -0.1) is 0 Å². The third kappa shape index (κ3) is 5.01. The van der Waals surface area contributed by atoms with Crippen molar-refractivity contribution in [1.29, 1.82) is 0 Å². The molecule has 0 radical (unpaired) electrons. The molecule has 1 N–H and O–H groups in total. The van der Waals surface area contributed by atoms with Crippen molar-refractivity contribution in [3.8, 4) is 11.1 Å². The summed E-state index contributed by atoms with van der Waals surface area (Å²) in [6.07, 6.45) is 5.31. The van der Waals surface area contributed by atoms with Crippen molar-refractivity contribution in [1.82, 2.24) is 15.1 Å². The molecule has 5 heteroatoms. The summed E-state index contributed by atoms with van der Waals surface area (Å²) in [6.45, 7) is 0.812. The number of aryl methyl sites for hydroxylation is 1. The lowest BCUT2D eigenvalue weighted by molar-refractivity contribution is -0.121. The van der Waals surface area contributed by atoms with Crippen LogP contribution in [0.2, 0.25) is 0 Å². The second kappa shape index (κ2) is 8.24. The standard InChI is InChI=1S/C20H20FN3O/c21-19-10-8-17(9-11-19)18-13-23-24(14-18)15-20(25)22-12-4-7-16-5-2-1-3-6-16/h1-3,5-6,8-11,13-14H,4,7,12,15H2,(H,22,25). The Labute approximate surface area is 146 Å². The number of halogens is 1. The number of amides is 1. The van der Waals surface area contributed by atoms with Gasteiger partial charge in [-0.3, -0.25) is 9.48 Å². The van der Waals surface area contributed by atoms with Crippen molar-refractivity contribution in [3.05, 3.63) is 78.4 Å². The predicted molar refractivity (Wildman–Crippen MR) is 95.4 cm³/mol. The van der Waals surface area contributed by atoms with E-state index in [0.717, 1.165) is 24.0 Å². The molecule has 3 aromatic rings. The van der Waals surface area contributed by atoms with Gasteiger partial charge < -0.3 is 5.32 Å². The SMILES string of the molecule is O=C(Cn1cc(-c2ccc(F)cc2)cn1)NCCCc1ccccc1. The molecule has 25 heavy (non-hydrogen) atoms. The number of hydrogen-bond acceptors (Lipinski definition) is 2. The third-order valence-corrected chi connectivity index (χ3v) is 3.92. The van der Waals surface area contributed by atoms with Crippen molar-refractivity contribution in [2.75, 3.05) is 6.54 Å². The Hall–Kier alpha value is -2.95. The number of benzene rings is 2. The summed E-state index contributed by atoms with van der Waals surface area (Å²) < 4.78 is 14.6. The fourth-order valence-electron chi connectivity index (χ4n) is 2.61. The quantitative estimate of drug-likeness (QED) is 0.671. The monoisotopic (exact) mass is 337 g/mol. The number of rotatable bonds is 7. The van der Waals surface area contributed by atoms with E-state index < -0.39 is 0 Å². The highest BCUT2D eigenvalue weighted by atomic mass is 19.1. The molecule has 0 unspecified atom stereocenters. The van der Waals surface area contributed by atoms with Crippen LogP contribution in [0.15, 0.2) is 67.0 Å². The van der Waals surface area contributed by atoms with Crippen LogP contribution in [0, 0.1) is 5.82 Å². The van der Waals surface area contributed by atoms with Crippen molar-refractivity contribution < 1.29 is 9.18 Å². The van der Waals surface area contributed by atoms with Crippen LogP contribution in [0.25, 0.3) is 11.1 Å². The first-order valence-electron chi connectivity index (χ1n) is 8.30. The van der Waals surface area contributed by atoms with Gasteiger partial charge in [-0.05, 0) is 36.1 Å². The van der Waals surface area contributed by atoms with Crippen LogP contribution in [0.4, 0.5) is 4.39 Å². The summed E-state index contributed by atoms with van der Waals surface area (Å²) in [5.41, 5.74) is 3.00. The summed E-state index contributed by atoms with van der Waals surface area (Å²) in [5, 5.41) is 7.10. The average molecular weight is 337 g/mol. The zero-order chi connectivity index (χ0) is 17.5. The summed E-state index contributed by atoms with van der Waals surface area (Å²) in [5.74, 6) is -0.340. The molecule has 1 amide bonds. The van der Waals surface area contributed by atoms with Crippen molar-refractivity contribution in [2.24, 2.45) is 0 Å².